The zero-order valence-corrected chi connectivity index (χ0v) is 20.8. The molecular formula is C30H22ClN3O4. The lowest BCUT2D eigenvalue weighted by atomic mass is 10.1. The smallest absolute Gasteiger partial charge is 0.283 e. The van der Waals surface area contributed by atoms with Gasteiger partial charge in [0.25, 0.3) is 17.7 Å². The normalized spacial score (nSPS) is 13.0. The van der Waals surface area contributed by atoms with E-state index in [0.717, 1.165) is 10.5 Å². The highest BCUT2D eigenvalue weighted by atomic mass is 35.5. The van der Waals surface area contributed by atoms with Crippen LogP contribution in [-0.4, -0.2) is 17.7 Å². The first-order valence-corrected chi connectivity index (χ1v) is 12.2. The molecule has 8 heteroatoms. The van der Waals surface area contributed by atoms with Gasteiger partial charge in [0.1, 0.15) is 22.2 Å². The summed E-state index contributed by atoms with van der Waals surface area (Å²) >= 11 is 6.25. The zero-order chi connectivity index (χ0) is 26.5. The second-order valence-corrected chi connectivity index (χ2v) is 8.79. The van der Waals surface area contributed by atoms with Crippen LogP contribution in [0, 0.1) is 0 Å². The molecule has 0 unspecified atom stereocenters. The van der Waals surface area contributed by atoms with Gasteiger partial charge in [0.15, 0.2) is 0 Å². The van der Waals surface area contributed by atoms with Gasteiger partial charge in [-0.15, -0.1) is 0 Å². The summed E-state index contributed by atoms with van der Waals surface area (Å²) in [6.07, 6.45) is 0. The Kier molecular flexibility index (Phi) is 7.19. The van der Waals surface area contributed by atoms with E-state index in [1.165, 1.54) is 0 Å². The molecule has 7 nitrogen and oxygen atoms in total. The minimum absolute atomic E-state index is 0.0393. The van der Waals surface area contributed by atoms with Crippen molar-refractivity contribution in [3.63, 3.8) is 0 Å². The lowest BCUT2D eigenvalue weighted by molar-refractivity contribution is -0.120. The van der Waals surface area contributed by atoms with E-state index >= 15 is 0 Å². The van der Waals surface area contributed by atoms with E-state index in [1.807, 2.05) is 60.7 Å². The van der Waals surface area contributed by atoms with Gasteiger partial charge in [-0.25, -0.2) is 4.90 Å². The molecule has 2 N–H and O–H groups in total. The van der Waals surface area contributed by atoms with Gasteiger partial charge >= 0.3 is 0 Å². The predicted molar refractivity (Wildman–Crippen MR) is 146 cm³/mol. The average molecular weight is 524 g/mol. The molecule has 4 aromatic carbocycles. The lowest BCUT2D eigenvalue weighted by Crippen LogP contribution is -2.32. The number of benzene rings is 4. The monoisotopic (exact) mass is 523 g/mol. The molecule has 0 aliphatic carbocycles. The molecule has 1 heterocycles. The number of nitrogens with zero attached hydrogens (tertiary/aromatic N) is 1. The van der Waals surface area contributed by atoms with Crippen molar-refractivity contribution in [2.75, 3.05) is 10.2 Å². The van der Waals surface area contributed by atoms with Gasteiger partial charge in [0.05, 0.1) is 5.69 Å². The zero-order valence-electron chi connectivity index (χ0n) is 20.1. The lowest BCUT2D eigenvalue weighted by Gasteiger charge is -2.16. The summed E-state index contributed by atoms with van der Waals surface area (Å²) in [4.78, 5) is 39.4. The summed E-state index contributed by atoms with van der Waals surface area (Å²) in [5.41, 5.74) is 2.28. The molecule has 0 spiro atoms. The van der Waals surface area contributed by atoms with Crippen LogP contribution >= 0.6 is 11.6 Å². The van der Waals surface area contributed by atoms with Crippen LogP contribution in [0.4, 0.5) is 11.4 Å². The fourth-order valence-corrected chi connectivity index (χ4v) is 4.08. The molecule has 0 radical (unpaired) electrons. The van der Waals surface area contributed by atoms with E-state index in [-0.39, 0.29) is 16.6 Å². The van der Waals surface area contributed by atoms with Crippen molar-refractivity contribution in [3.8, 4) is 11.5 Å². The Bertz CT molecular complexity index is 1500. The van der Waals surface area contributed by atoms with Gasteiger partial charge < -0.3 is 15.4 Å². The summed E-state index contributed by atoms with van der Waals surface area (Å²) in [7, 11) is 0. The first-order chi connectivity index (χ1) is 18.5. The number of nitrogens with one attached hydrogen (secondary N) is 2. The number of hydrogen-bond donors (Lipinski definition) is 2. The van der Waals surface area contributed by atoms with Crippen molar-refractivity contribution < 1.29 is 19.1 Å². The Morgan fingerprint density at radius 3 is 2.00 bits per heavy atom. The third-order valence-electron chi connectivity index (χ3n) is 5.81. The summed E-state index contributed by atoms with van der Waals surface area (Å²) in [5, 5.41) is 5.56. The van der Waals surface area contributed by atoms with E-state index in [1.54, 1.807) is 48.5 Å². The van der Waals surface area contributed by atoms with E-state index in [4.69, 9.17) is 16.3 Å². The van der Waals surface area contributed by atoms with Crippen molar-refractivity contribution in [1.29, 1.82) is 0 Å². The minimum Gasteiger partial charge on any atom is -0.457 e. The molecular weight excluding hydrogens is 502 g/mol. The fourth-order valence-electron chi connectivity index (χ4n) is 3.86. The van der Waals surface area contributed by atoms with Crippen LogP contribution in [0.25, 0.3) is 0 Å². The molecule has 0 aromatic heterocycles. The Hall–Kier alpha value is -4.88. The molecule has 1 aliphatic heterocycles. The number of amides is 3. The number of carbonyl (C=O) groups is 3. The second kappa shape index (κ2) is 11.0. The van der Waals surface area contributed by atoms with Crippen LogP contribution in [0.1, 0.15) is 15.9 Å². The summed E-state index contributed by atoms with van der Waals surface area (Å²) in [6, 6.07) is 32.0. The highest BCUT2D eigenvalue weighted by molar-refractivity contribution is 6.53. The van der Waals surface area contributed by atoms with E-state index in [0.29, 0.717) is 35.0 Å². The van der Waals surface area contributed by atoms with Crippen molar-refractivity contribution in [2.24, 2.45) is 0 Å². The minimum atomic E-state index is -0.632. The molecule has 0 bridgehead atoms. The molecule has 3 amide bonds. The van der Waals surface area contributed by atoms with Crippen LogP contribution in [0.3, 0.4) is 0 Å². The van der Waals surface area contributed by atoms with Crippen LogP contribution in [0.2, 0.25) is 0 Å². The summed E-state index contributed by atoms with van der Waals surface area (Å²) < 4.78 is 5.77. The SMILES string of the molecule is O=C(NCc1ccccc1)c1ccc(NC2=C(Cl)C(=O)N(c3ccc(Oc4ccccc4)cc3)C2=O)cc1. The maximum absolute atomic E-state index is 13.1. The van der Waals surface area contributed by atoms with Gasteiger partial charge in [-0.2, -0.15) is 0 Å². The molecule has 0 atom stereocenters. The molecule has 0 fully saturated rings. The number of para-hydroxylation sites is 1. The highest BCUT2D eigenvalue weighted by Crippen LogP contribution is 2.32. The number of ether oxygens (including phenoxy) is 1. The van der Waals surface area contributed by atoms with Crippen molar-refractivity contribution >= 4 is 40.7 Å². The molecule has 188 valence electrons. The standard InChI is InChI=1S/C30H22ClN3O4/c31-26-27(33-22-13-11-21(12-14-22)28(35)32-19-20-7-3-1-4-8-20)30(37)34(29(26)36)23-15-17-25(18-16-23)38-24-9-5-2-6-10-24/h1-18,33H,19H2,(H,32,35). The quantitative estimate of drug-likeness (QED) is 0.283. The molecule has 1 aliphatic rings. The van der Waals surface area contributed by atoms with Crippen LogP contribution in [-0.2, 0) is 16.1 Å². The fraction of sp³-hybridized carbons (Fsp3) is 0.0333. The third-order valence-corrected chi connectivity index (χ3v) is 6.16. The Labute approximate surface area is 224 Å². The number of carbonyl (C=O) groups excluding carboxylic acids is 3. The van der Waals surface area contributed by atoms with E-state index in [2.05, 4.69) is 10.6 Å². The van der Waals surface area contributed by atoms with Crippen molar-refractivity contribution in [1.82, 2.24) is 5.32 Å². The Morgan fingerprint density at radius 1 is 0.737 bits per heavy atom. The topological polar surface area (TPSA) is 87.7 Å². The second-order valence-electron chi connectivity index (χ2n) is 8.41. The number of hydrogen-bond acceptors (Lipinski definition) is 5. The third kappa shape index (κ3) is 5.43. The van der Waals surface area contributed by atoms with Gasteiger partial charge in [-0.1, -0.05) is 60.1 Å². The number of halogens is 1. The number of imide groups is 1. The molecule has 0 saturated heterocycles. The van der Waals surface area contributed by atoms with Crippen LogP contribution in [0.15, 0.2) is 120 Å². The van der Waals surface area contributed by atoms with E-state index < -0.39 is 11.8 Å². The van der Waals surface area contributed by atoms with Gasteiger partial charge in [-0.05, 0) is 66.2 Å². The molecule has 38 heavy (non-hydrogen) atoms. The molecule has 5 rings (SSSR count). The predicted octanol–water partition coefficient (Wildman–Crippen LogP) is 5.84. The van der Waals surface area contributed by atoms with Gasteiger partial charge in [0.2, 0.25) is 0 Å². The highest BCUT2D eigenvalue weighted by Gasteiger charge is 2.39. The van der Waals surface area contributed by atoms with Crippen molar-refractivity contribution in [3.05, 3.63) is 131 Å². The van der Waals surface area contributed by atoms with Gasteiger partial charge in [-0.3, -0.25) is 14.4 Å². The largest absolute Gasteiger partial charge is 0.457 e. The van der Waals surface area contributed by atoms with Crippen LogP contribution < -0.4 is 20.3 Å². The van der Waals surface area contributed by atoms with Crippen molar-refractivity contribution in [2.45, 2.75) is 6.54 Å². The van der Waals surface area contributed by atoms with Gasteiger partial charge in [0, 0.05) is 17.8 Å². The molecule has 0 saturated carbocycles. The number of anilines is 2. The maximum Gasteiger partial charge on any atom is 0.283 e. The maximum atomic E-state index is 13.1. The average Bonchev–Trinajstić information content (AvgIpc) is 3.16. The number of rotatable bonds is 8. The van der Waals surface area contributed by atoms with E-state index in [9.17, 15) is 14.4 Å². The summed E-state index contributed by atoms with van der Waals surface area (Å²) in [6.45, 7) is 0.411. The Balaban J connectivity index is 1.23. The first-order valence-electron chi connectivity index (χ1n) is 11.8. The Morgan fingerprint density at radius 2 is 1.34 bits per heavy atom. The molecule has 4 aromatic rings. The summed E-state index contributed by atoms with van der Waals surface area (Å²) in [5.74, 6) is -0.210. The van der Waals surface area contributed by atoms with Crippen LogP contribution in [0.5, 0.6) is 11.5 Å². The first kappa shape index (κ1) is 24.8.